The van der Waals surface area contributed by atoms with Gasteiger partial charge in [-0.1, -0.05) is 27.2 Å². The van der Waals surface area contributed by atoms with Crippen molar-refractivity contribution in [2.45, 2.75) is 52.1 Å². The van der Waals surface area contributed by atoms with E-state index in [1.54, 1.807) is 6.92 Å². The maximum absolute atomic E-state index is 12.2. The zero-order chi connectivity index (χ0) is 15.4. The van der Waals surface area contributed by atoms with E-state index >= 15 is 0 Å². The van der Waals surface area contributed by atoms with E-state index in [9.17, 15) is 31.1 Å². The molecule has 0 N–H and O–H groups in total. The van der Waals surface area contributed by atoms with Crippen molar-refractivity contribution in [3.8, 4) is 0 Å². The highest BCUT2D eigenvalue weighted by molar-refractivity contribution is 5.73. The molecule has 19 heavy (non-hydrogen) atoms. The minimum Gasteiger partial charge on any atom is -0.443 e. The number of hydrogen-bond acceptors (Lipinski definition) is 2. The molecular formula is C11H16F6O2. The van der Waals surface area contributed by atoms with Gasteiger partial charge in [0.25, 0.3) is 6.10 Å². The average Bonchev–Trinajstić information content (AvgIpc) is 2.18. The Balaban J connectivity index is 5.00. The van der Waals surface area contributed by atoms with Crippen molar-refractivity contribution in [2.24, 2.45) is 11.8 Å². The number of carbonyl (C=O) groups is 1. The highest BCUT2D eigenvalue weighted by Gasteiger charge is 2.60. The number of esters is 1. The van der Waals surface area contributed by atoms with Crippen molar-refractivity contribution in [1.82, 2.24) is 0 Å². The third kappa shape index (κ3) is 5.69. The van der Waals surface area contributed by atoms with Gasteiger partial charge in [0, 0.05) is 0 Å². The molecule has 0 heterocycles. The van der Waals surface area contributed by atoms with Crippen LogP contribution in [0.1, 0.15) is 33.6 Å². The van der Waals surface area contributed by atoms with Crippen LogP contribution in [0.5, 0.6) is 0 Å². The SMILES string of the molecule is CCCC(C(=O)OC(C(F)(F)F)C(F)(F)F)C(C)C. The van der Waals surface area contributed by atoms with Crippen LogP contribution in [0.3, 0.4) is 0 Å². The van der Waals surface area contributed by atoms with Crippen LogP contribution in [0.15, 0.2) is 0 Å². The van der Waals surface area contributed by atoms with Gasteiger partial charge in [-0.2, -0.15) is 26.3 Å². The van der Waals surface area contributed by atoms with Crippen molar-refractivity contribution in [3.63, 3.8) is 0 Å². The summed E-state index contributed by atoms with van der Waals surface area (Å²) < 4.78 is 77.0. The topological polar surface area (TPSA) is 26.3 Å². The van der Waals surface area contributed by atoms with Crippen molar-refractivity contribution in [2.75, 3.05) is 0 Å². The number of alkyl halides is 6. The van der Waals surface area contributed by atoms with Gasteiger partial charge in [-0.15, -0.1) is 0 Å². The van der Waals surface area contributed by atoms with Crippen LogP contribution in [0.25, 0.3) is 0 Å². The number of carbonyl (C=O) groups excluding carboxylic acids is 1. The van der Waals surface area contributed by atoms with E-state index in [2.05, 4.69) is 4.74 Å². The highest BCUT2D eigenvalue weighted by Crippen LogP contribution is 2.36. The summed E-state index contributed by atoms with van der Waals surface area (Å²) in [7, 11) is 0. The first-order valence-corrected chi connectivity index (χ1v) is 5.75. The molecule has 2 nitrogen and oxygen atoms in total. The maximum Gasteiger partial charge on any atom is 0.434 e. The quantitative estimate of drug-likeness (QED) is 0.564. The zero-order valence-corrected chi connectivity index (χ0v) is 10.7. The molecule has 114 valence electrons. The molecule has 0 aromatic rings. The Labute approximate surface area is 107 Å². The molecule has 0 aromatic carbocycles. The van der Waals surface area contributed by atoms with Gasteiger partial charge in [-0.05, 0) is 12.3 Å². The molecule has 0 radical (unpaired) electrons. The second-order valence-electron chi connectivity index (χ2n) is 4.54. The second kappa shape index (κ2) is 6.47. The number of hydrogen-bond donors (Lipinski definition) is 0. The number of rotatable bonds is 5. The largest absolute Gasteiger partial charge is 0.443 e. The predicted molar refractivity (Wildman–Crippen MR) is 55.2 cm³/mol. The normalized spacial score (nSPS) is 14.9. The van der Waals surface area contributed by atoms with Gasteiger partial charge in [0.05, 0.1) is 5.92 Å². The van der Waals surface area contributed by atoms with Gasteiger partial charge in [0.1, 0.15) is 0 Å². The molecule has 1 atom stereocenters. The minimum atomic E-state index is -5.67. The molecule has 0 amide bonds. The van der Waals surface area contributed by atoms with Gasteiger partial charge in [-0.25, -0.2) is 0 Å². The lowest BCUT2D eigenvalue weighted by Gasteiger charge is -2.26. The molecule has 0 fully saturated rings. The molecule has 0 aliphatic rings. The fourth-order valence-electron chi connectivity index (χ4n) is 1.56. The van der Waals surface area contributed by atoms with Gasteiger partial charge in [0.2, 0.25) is 0 Å². The van der Waals surface area contributed by atoms with Gasteiger partial charge in [-0.3, -0.25) is 4.79 Å². The fourth-order valence-corrected chi connectivity index (χ4v) is 1.56. The Morgan fingerprint density at radius 3 is 1.74 bits per heavy atom. The molecule has 0 aliphatic heterocycles. The van der Waals surface area contributed by atoms with Crippen molar-refractivity contribution < 1.29 is 35.9 Å². The fraction of sp³-hybridized carbons (Fsp3) is 0.909. The van der Waals surface area contributed by atoms with E-state index < -0.39 is 36.3 Å². The Morgan fingerprint density at radius 2 is 1.47 bits per heavy atom. The van der Waals surface area contributed by atoms with Crippen molar-refractivity contribution in [1.29, 1.82) is 0 Å². The van der Waals surface area contributed by atoms with Crippen LogP contribution in [0.4, 0.5) is 26.3 Å². The summed E-state index contributed by atoms with van der Waals surface area (Å²) in [4.78, 5) is 11.5. The summed E-state index contributed by atoms with van der Waals surface area (Å²) in [6, 6.07) is 0. The first-order valence-electron chi connectivity index (χ1n) is 5.75. The summed E-state index contributed by atoms with van der Waals surface area (Å²) >= 11 is 0. The summed E-state index contributed by atoms with van der Waals surface area (Å²) in [6.45, 7) is 4.75. The van der Waals surface area contributed by atoms with Crippen molar-refractivity contribution >= 4 is 5.97 Å². The Hall–Kier alpha value is -0.950. The first kappa shape index (κ1) is 18.0. The van der Waals surface area contributed by atoms with Gasteiger partial charge < -0.3 is 4.74 Å². The average molecular weight is 294 g/mol. The summed E-state index contributed by atoms with van der Waals surface area (Å²) in [5.41, 5.74) is 0. The van der Waals surface area contributed by atoms with Crippen LogP contribution in [-0.4, -0.2) is 24.4 Å². The molecular weight excluding hydrogens is 278 g/mol. The van der Waals surface area contributed by atoms with Crippen molar-refractivity contribution in [3.05, 3.63) is 0 Å². The molecule has 0 bridgehead atoms. The number of ether oxygens (including phenoxy) is 1. The molecule has 0 rings (SSSR count). The zero-order valence-electron chi connectivity index (χ0n) is 10.7. The van der Waals surface area contributed by atoms with E-state index in [1.807, 2.05) is 0 Å². The van der Waals surface area contributed by atoms with E-state index in [4.69, 9.17) is 0 Å². The van der Waals surface area contributed by atoms with Crippen LogP contribution in [0, 0.1) is 11.8 Å². The number of halogens is 6. The summed E-state index contributed by atoms with van der Waals surface area (Å²) in [6.07, 6.45) is -14.8. The lowest BCUT2D eigenvalue weighted by molar-refractivity contribution is -0.314. The molecule has 8 heteroatoms. The third-order valence-corrected chi connectivity index (χ3v) is 2.54. The van der Waals surface area contributed by atoms with E-state index in [0.29, 0.717) is 6.42 Å². The smallest absolute Gasteiger partial charge is 0.434 e. The minimum absolute atomic E-state index is 0.179. The highest BCUT2D eigenvalue weighted by atomic mass is 19.4. The first-order chi connectivity index (χ1) is 8.41. The Bertz CT molecular complexity index is 281. The standard InChI is InChI=1S/C11H16F6O2/c1-4-5-7(6(2)3)8(18)19-9(10(12,13)14)11(15,16)17/h6-7,9H,4-5H2,1-3H3. The van der Waals surface area contributed by atoms with Gasteiger partial charge >= 0.3 is 18.3 Å². The summed E-state index contributed by atoms with van der Waals surface area (Å²) in [5, 5.41) is 0. The molecule has 1 unspecified atom stereocenters. The van der Waals surface area contributed by atoms with Gasteiger partial charge in [0.15, 0.2) is 0 Å². The monoisotopic (exact) mass is 294 g/mol. The maximum atomic E-state index is 12.2. The molecule has 0 aliphatic carbocycles. The van der Waals surface area contributed by atoms with E-state index in [-0.39, 0.29) is 6.42 Å². The molecule has 0 aromatic heterocycles. The van der Waals surface area contributed by atoms with E-state index in [0.717, 1.165) is 0 Å². The third-order valence-electron chi connectivity index (χ3n) is 2.54. The van der Waals surface area contributed by atoms with E-state index in [1.165, 1.54) is 13.8 Å². The Morgan fingerprint density at radius 1 is 1.05 bits per heavy atom. The lowest BCUT2D eigenvalue weighted by atomic mass is 9.91. The lowest BCUT2D eigenvalue weighted by Crippen LogP contribution is -2.46. The summed E-state index contributed by atoms with van der Waals surface area (Å²) in [5.74, 6) is -2.83. The van der Waals surface area contributed by atoms with Crippen LogP contribution >= 0.6 is 0 Å². The molecule has 0 spiro atoms. The van der Waals surface area contributed by atoms with Crippen LogP contribution in [-0.2, 0) is 9.53 Å². The predicted octanol–water partition coefficient (Wildman–Crippen LogP) is 4.10. The second-order valence-corrected chi connectivity index (χ2v) is 4.54. The Kier molecular flexibility index (Phi) is 6.15. The van der Waals surface area contributed by atoms with Crippen LogP contribution in [0.2, 0.25) is 0 Å². The van der Waals surface area contributed by atoms with Crippen LogP contribution < -0.4 is 0 Å². The molecule has 0 saturated carbocycles. The molecule has 0 saturated heterocycles.